The highest BCUT2D eigenvalue weighted by atomic mass is 19.1. The lowest BCUT2D eigenvalue weighted by Gasteiger charge is -2.39. The van der Waals surface area contributed by atoms with Gasteiger partial charge in [-0.05, 0) is 74.5 Å². The van der Waals surface area contributed by atoms with E-state index in [1.54, 1.807) is 6.07 Å². The third-order valence-electron chi connectivity index (χ3n) is 6.73. The van der Waals surface area contributed by atoms with Gasteiger partial charge in [-0.25, -0.2) is 9.18 Å². The van der Waals surface area contributed by atoms with Gasteiger partial charge in [0.15, 0.2) is 0 Å². The molecular formula is C29H35FN2O2. The minimum Gasteiger partial charge on any atom is -0.444 e. The number of hydrogen-bond acceptors (Lipinski definition) is 3. The van der Waals surface area contributed by atoms with Gasteiger partial charge in [0.25, 0.3) is 0 Å². The second kappa shape index (κ2) is 10.1. The summed E-state index contributed by atoms with van der Waals surface area (Å²) in [6.45, 7) is 9.76. The minimum atomic E-state index is -0.604. The summed E-state index contributed by atoms with van der Waals surface area (Å²) in [5.74, 6) is -0.0881. The number of nitrogens with one attached hydrogen (secondary N) is 1. The van der Waals surface area contributed by atoms with Crippen LogP contribution in [0.15, 0.2) is 66.7 Å². The second-order valence-electron chi connectivity index (χ2n) is 10.3. The van der Waals surface area contributed by atoms with Gasteiger partial charge in [-0.3, -0.25) is 0 Å². The van der Waals surface area contributed by atoms with Gasteiger partial charge < -0.3 is 15.0 Å². The van der Waals surface area contributed by atoms with Crippen LogP contribution in [0.5, 0.6) is 0 Å². The van der Waals surface area contributed by atoms with Crippen LogP contribution in [-0.4, -0.2) is 36.2 Å². The van der Waals surface area contributed by atoms with E-state index in [9.17, 15) is 9.18 Å². The van der Waals surface area contributed by atoms with Crippen molar-refractivity contribution in [1.82, 2.24) is 10.2 Å². The second-order valence-corrected chi connectivity index (χ2v) is 10.3. The predicted molar refractivity (Wildman–Crippen MR) is 135 cm³/mol. The van der Waals surface area contributed by atoms with E-state index in [1.165, 1.54) is 6.07 Å². The molecule has 1 fully saturated rings. The number of halogens is 1. The molecule has 4 nitrogen and oxygen atoms in total. The fraction of sp³-hybridized carbons (Fsp3) is 0.414. The zero-order valence-corrected chi connectivity index (χ0v) is 20.6. The summed E-state index contributed by atoms with van der Waals surface area (Å²) in [6.07, 6.45) is 0.527. The molecule has 4 rings (SSSR count). The molecule has 3 atom stereocenters. The van der Waals surface area contributed by atoms with Crippen molar-refractivity contribution in [3.63, 3.8) is 0 Å². The van der Waals surface area contributed by atoms with E-state index in [0.29, 0.717) is 18.7 Å². The van der Waals surface area contributed by atoms with Gasteiger partial charge in [0.2, 0.25) is 0 Å². The van der Waals surface area contributed by atoms with E-state index >= 15 is 0 Å². The Morgan fingerprint density at radius 3 is 2.56 bits per heavy atom. The Hall–Kier alpha value is -2.92. The molecule has 0 aliphatic carbocycles. The molecule has 1 amide bonds. The van der Waals surface area contributed by atoms with Crippen molar-refractivity contribution in [3.8, 4) is 0 Å². The maximum atomic E-state index is 14.7. The predicted octanol–water partition coefficient (Wildman–Crippen LogP) is 6.67. The lowest BCUT2D eigenvalue weighted by molar-refractivity contribution is 0.0117. The van der Waals surface area contributed by atoms with E-state index in [0.717, 1.165) is 29.3 Å². The summed E-state index contributed by atoms with van der Waals surface area (Å²) in [5, 5.41) is 5.68. The Morgan fingerprint density at radius 1 is 1.09 bits per heavy atom. The first-order valence-corrected chi connectivity index (χ1v) is 12.2. The van der Waals surface area contributed by atoms with Crippen molar-refractivity contribution in [3.05, 3.63) is 83.7 Å². The van der Waals surface area contributed by atoms with Crippen LogP contribution in [0.2, 0.25) is 0 Å². The molecule has 3 aromatic rings. The highest BCUT2D eigenvalue weighted by Gasteiger charge is 2.35. The summed E-state index contributed by atoms with van der Waals surface area (Å²) in [4.78, 5) is 15.4. The fourth-order valence-electron chi connectivity index (χ4n) is 5.02. The zero-order chi connectivity index (χ0) is 24.3. The van der Waals surface area contributed by atoms with Gasteiger partial charge in [0.1, 0.15) is 11.4 Å². The van der Waals surface area contributed by atoms with Gasteiger partial charge in [-0.15, -0.1) is 0 Å². The van der Waals surface area contributed by atoms with Crippen molar-refractivity contribution >= 4 is 16.9 Å². The Balaban J connectivity index is 1.69. The Morgan fingerprint density at radius 2 is 1.79 bits per heavy atom. The van der Waals surface area contributed by atoms with Crippen LogP contribution in [0, 0.1) is 11.7 Å². The largest absolute Gasteiger partial charge is 0.444 e. The van der Waals surface area contributed by atoms with Crippen LogP contribution in [0.25, 0.3) is 10.8 Å². The van der Waals surface area contributed by atoms with Crippen LogP contribution in [0.3, 0.4) is 0 Å². The average Bonchev–Trinajstić information content (AvgIpc) is 2.81. The Labute approximate surface area is 202 Å². The smallest absolute Gasteiger partial charge is 0.410 e. The summed E-state index contributed by atoms with van der Waals surface area (Å²) in [6, 6.07) is 21.2. The number of fused-ring (bicyclic) bond motifs is 1. The Bertz CT molecular complexity index is 1130. The molecule has 2 unspecified atom stereocenters. The fourth-order valence-corrected chi connectivity index (χ4v) is 5.02. The summed E-state index contributed by atoms with van der Waals surface area (Å²) >= 11 is 0. The van der Waals surface area contributed by atoms with Crippen molar-refractivity contribution < 1.29 is 13.9 Å². The summed E-state index contributed by atoms with van der Waals surface area (Å²) < 4.78 is 20.6. The lowest BCUT2D eigenvalue weighted by Crippen LogP contribution is -2.45. The molecular weight excluding hydrogens is 427 g/mol. The van der Waals surface area contributed by atoms with Crippen LogP contribution in [0.4, 0.5) is 9.18 Å². The number of benzene rings is 3. The Kier molecular flexibility index (Phi) is 7.22. The summed E-state index contributed by atoms with van der Waals surface area (Å²) in [5.41, 5.74) is 1.19. The zero-order valence-electron chi connectivity index (χ0n) is 20.6. The molecule has 1 heterocycles. The molecule has 1 saturated heterocycles. The molecule has 1 N–H and O–H groups in total. The van der Waals surface area contributed by atoms with Crippen molar-refractivity contribution in [2.75, 3.05) is 19.6 Å². The third kappa shape index (κ3) is 5.41. The molecule has 34 heavy (non-hydrogen) atoms. The number of amides is 1. The molecule has 0 bridgehead atoms. The number of piperidine rings is 1. The highest BCUT2D eigenvalue weighted by Crippen LogP contribution is 2.35. The lowest BCUT2D eigenvalue weighted by atomic mass is 9.80. The van der Waals surface area contributed by atoms with E-state index in [4.69, 9.17) is 4.74 Å². The van der Waals surface area contributed by atoms with E-state index < -0.39 is 5.60 Å². The number of nitrogens with zero attached hydrogens (tertiary/aromatic N) is 1. The summed E-state index contributed by atoms with van der Waals surface area (Å²) in [7, 11) is 0. The molecule has 1 aliphatic rings. The topological polar surface area (TPSA) is 41.6 Å². The number of hydrogen-bond donors (Lipinski definition) is 1. The number of carbonyl (C=O) groups excluding carboxylic acids is 1. The van der Waals surface area contributed by atoms with E-state index in [2.05, 4.69) is 36.5 Å². The first kappa shape index (κ1) is 24.2. The first-order valence-electron chi connectivity index (χ1n) is 12.2. The van der Waals surface area contributed by atoms with Gasteiger partial charge in [-0.1, -0.05) is 60.7 Å². The van der Waals surface area contributed by atoms with Crippen molar-refractivity contribution in [1.29, 1.82) is 0 Å². The minimum absolute atomic E-state index is 0.0143. The van der Waals surface area contributed by atoms with Crippen LogP contribution in [0.1, 0.15) is 57.2 Å². The average molecular weight is 463 g/mol. The monoisotopic (exact) mass is 462 g/mol. The van der Waals surface area contributed by atoms with Gasteiger partial charge in [0.05, 0.1) is 6.04 Å². The van der Waals surface area contributed by atoms with Crippen LogP contribution < -0.4 is 5.32 Å². The quantitative estimate of drug-likeness (QED) is 0.460. The molecule has 5 heteroatoms. The number of ether oxygens (including phenoxy) is 1. The third-order valence-corrected chi connectivity index (χ3v) is 6.73. The molecule has 0 spiro atoms. The molecule has 0 saturated carbocycles. The van der Waals surface area contributed by atoms with Gasteiger partial charge >= 0.3 is 6.09 Å². The molecule has 3 aromatic carbocycles. The number of rotatable bonds is 5. The maximum Gasteiger partial charge on any atom is 0.410 e. The number of carbonyl (C=O) groups is 1. The SMILES string of the molecule is C[C@H](c1cccc2ccccc12)N(CC1CCNCC1c1ccccc1F)C(=O)OC(C)(C)C. The molecule has 0 radical (unpaired) electrons. The van der Waals surface area contributed by atoms with E-state index in [-0.39, 0.29) is 29.8 Å². The van der Waals surface area contributed by atoms with Crippen LogP contribution >= 0.6 is 0 Å². The van der Waals surface area contributed by atoms with Crippen LogP contribution in [-0.2, 0) is 4.74 Å². The normalized spacial score (nSPS) is 19.6. The van der Waals surface area contributed by atoms with Crippen molar-refractivity contribution in [2.45, 2.75) is 51.7 Å². The molecule has 1 aliphatic heterocycles. The van der Waals surface area contributed by atoms with E-state index in [1.807, 2.05) is 56.0 Å². The van der Waals surface area contributed by atoms with Crippen molar-refractivity contribution in [2.24, 2.45) is 5.92 Å². The standard InChI is InChI=1S/C29H35FN2O2/c1-20(23-14-9-11-21-10-5-6-12-24(21)23)32(28(33)34-29(2,3)4)19-22-16-17-31-18-26(22)25-13-7-8-15-27(25)30/h5-15,20,22,26,31H,16-19H2,1-4H3/t20-,22?,26?/m1/s1. The van der Waals surface area contributed by atoms with Gasteiger partial charge in [0, 0.05) is 19.0 Å². The highest BCUT2D eigenvalue weighted by molar-refractivity contribution is 5.86. The maximum absolute atomic E-state index is 14.7. The molecule has 180 valence electrons. The molecule has 0 aromatic heterocycles. The first-order chi connectivity index (χ1) is 16.2. The van der Waals surface area contributed by atoms with Gasteiger partial charge in [-0.2, -0.15) is 0 Å².